The fraction of sp³-hybridized carbons (Fsp3) is 0.462. The summed E-state index contributed by atoms with van der Waals surface area (Å²) in [6.45, 7) is 0. The van der Waals surface area contributed by atoms with Crippen molar-refractivity contribution in [1.82, 2.24) is 10.3 Å². The molecule has 1 fully saturated rings. The summed E-state index contributed by atoms with van der Waals surface area (Å²) in [6.07, 6.45) is 2.89. The molecule has 0 saturated heterocycles. The number of hydrogen-bond acceptors (Lipinski definition) is 3. The second-order valence-corrected chi connectivity index (χ2v) is 4.86. The summed E-state index contributed by atoms with van der Waals surface area (Å²) in [6, 6.07) is 3.96. The van der Waals surface area contributed by atoms with Crippen LogP contribution in [0.25, 0.3) is 0 Å². The second kappa shape index (κ2) is 5.34. The first-order chi connectivity index (χ1) is 9.01. The van der Waals surface area contributed by atoms with E-state index in [9.17, 15) is 14.0 Å². The first-order valence-electron chi connectivity index (χ1n) is 6.18. The average molecular weight is 266 g/mol. The fourth-order valence-corrected chi connectivity index (χ4v) is 2.53. The van der Waals surface area contributed by atoms with Crippen LogP contribution in [-0.2, 0) is 4.79 Å². The molecule has 0 atom stereocenters. The van der Waals surface area contributed by atoms with E-state index in [2.05, 4.69) is 10.3 Å². The highest BCUT2D eigenvalue weighted by molar-refractivity contribution is 5.93. The van der Waals surface area contributed by atoms with Crippen LogP contribution in [0.2, 0.25) is 0 Å². The van der Waals surface area contributed by atoms with Crippen LogP contribution in [-0.4, -0.2) is 27.5 Å². The predicted molar refractivity (Wildman–Crippen MR) is 65.1 cm³/mol. The molecule has 1 aliphatic rings. The van der Waals surface area contributed by atoms with Crippen LogP contribution < -0.4 is 5.32 Å². The molecule has 0 unspecified atom stereocenters. The van der Waals surface area contributed by atoms with Gasteiger partial charge in [-0.15, -0.1) is 0 Å². The number of rotatable bonds is 4. The van der Waals surface area contributed by atoms with Gasteiger partial charge in [-0.25, -0.2) is 4.98 Å². The van der Waals surface area contributed by atoms with E-state index in [-0.39, 0.29) is 12.1 Å². The van der Waals surface area contributed by atoms with E-state index < -0.39 is 23.4 Å². The lowest BCUT2D eigenvalue weighted by molar-refractivity contribution is -0.138. The van der Waals surface area contributed by atoms with E-state index >= 15 is 0 Å². The summed E-state index contributed by atoms with van der Waals surface area (Å²) in [4.78, 5) is 26.4. The molecule has 1 heterocycles. The molecule has 1 aliphatic carbocycles. The lowest BCUT2D eigenvalue weighted by Crippen LogP contribution is -2.48. The Kier molecular flexibility index (Phi) is 3.78. The quantitative estimate of drug-likeness (QED) is 0.813. The lowest BCUT2D eigenvalue weighted by Gasteiger charge is -2.28. The number of hydrogen-bond donors (Lipinski definition) is 2. The molecule has 6 heteroatoms. The molecule has 5 nitrogen and oxygen atoms in total. The Hall–Kier alpha value is -1.98. The molecule has 0 radical (unpaired) electrons. The van der Waals surface area contributed by atoms with Crippen molar-refractivity contribution in [2.45, 2.75) is 37.6 Å². The average Bonchev–Trinajstić information content (AvgIpc) is 2.76. The Morgan fingerprint density at radius 3 is 2.63 bits per heavy atom. The van der Waals surface area contributed by atoms with Gasteiger partial charge in [0, 0.05) is 0 Å². The van der Waals surface area contributed by atoms with Gasteiger partial charge in [0.1, 0.15) is 5.69 Å². The normalized spacial score (nSPS) is 17.1. The van der Waals surface area contributed by atoms with Crippen LogP contribution in [0.3, 0.4) is 0 Å². The molecule has 0 spiro atoms. The number of carbonyl (C=O) groups is 2. The Labute approximate surface area is 109 Å². The summed E-state index contributed by atoms with van der Waals surface area (Å²) in [7, 11) is 0. The van der Waals surface area contributed by atoms with Crippen molar-refractivity contribution in [3.8, 4) is 0 Å². The Balaban J connectivity index is 2.13. The molecule has 1 amide bonds. The first kappa shape index (κ1) is 13.5. The zero-order valence-corrected chi connectivity index (χ0v) is 10.4. The molecule has 0 aliphatic heterocycles. The van der Waals surface area contributed by atoms with Gasteiger partial charge in [0.15, 0.2) is 0 Å². The minimum absolute atomic E-state index is 0.0309. The zero-order valence-electron chi connectivity index (χ0n) is 10.4. The van der Waals surface area contributed by atoms with E-state index in [1.807, 2.05) is 0 Å². The monoisotopic (exact) mass is 266 g/mol. The van der Waals surface area contributed by atoms with E-state index in [1.165, 1.54) is 12.1 Å². The van der Waals surface area contributed by atoms with Crippen LogP contribution in [0, 0.1) is 5.95 Å². The van der Waals surface area contributed by atoms with E-state index in [0.717, 1.165) is 18.9 Å². The number of carbonyl (C=O) groups excluding carboxylic acids is 1. The van der Waals surface area contributed by atoms with Gasteiger partial charge in [0.2, 0.25) is 5.95 Å². The van der Waals surface area contributed by atoms with E-state index in [0.29, 0.717) is 12.8 Å². The first-order valence-corrected chi connectivity index (χ1v) is 6.18. The maximum absolute atomic E-state index is 13.0. The van der Waals surface area contributed by atoms with Crippen molar-refractivity contribution in [3.63, 3.8) is 0 Å². The lowest BCUT2D eigenvalue weighted by atomic mass is 9.93. The topological polar surface area (TPSA) is 79.3 Å². The number of amides is 1. The highest BCUT2D eigenvalue weighted by Crippen LogP contribution is 2.32. The number of halogens is 1. The molecule has 102 valence electrons. The number of nitrogens with zero attached hydrogens (tertiary/aromatic N) is 1. The summed E-state index contributed by atoms with van der Waals surface area (Å²) < 4.78 is 13.0. The summed E-state index contributed by atoms with van der Waals surface area (Å²) in [5, 5.41) is 11.7. The molecule has 2 N–H and O–H groups in total. The minimum atomic E-state index is -0.950. The van der Waals surface area contributed by atoms with Gasteiger partial charge >= 0.3 is 5.97 Å². The summed E-state index contributed by atoms with van der Waals surface area (Å²) in [5.74, 6) is -2.21. The van der Waals surface area contributed by atoms with Crippen molar-refractivity contribution in [3.05, 3.63) is 29.8 Å². The van der Waals surface area contributed by atoms with Gasteiger partial charge in [-0.2, -0.15) is 4.39 Å². The van der Waals surface area contributed by atoms with Gasteiger partial charge in [-0.05, 0) is 25.0 Å². The third-order valence-electron chi connectivity index (χ3n) is 3.38. The number of carboxylic acids is 1. The molecule has 1 aromatic heterocycles. The molecule has 19 heavy (non-hydrogen) atoms. The highest BCUT2D eigenvalue weighted by atomic mass is 19.1. The van der Waals surface area contributed by atoms with Crippen molar-refractivity contribution >= 4 is 11.9 Å². The van der Waals surface area contributed by atoms with Gasteiger partial charge in [0.05, 0.1) is 12.0 Å². The zero-order chi connectivity index (χ0) is 13.9. The largest absolute Gasteiger partial charge is 0.481 e. The smallest absolute Gasteiger partial charge is 0.305 e. The second-order valence-electron chi connectivity index (χ2n) is 4.86. The number of aromatic nitrogens is 1. The molecule has 0 aromatic carbocycles. The molecule has 1 saturated carbocycles. The third kappa shape index (κ3) is 3.27. The van der Waals surface area contributed by atoms with Gasteiger partial charge < -0.3 is 10.4 Å². The number of nitrogens with one attached hydrogen (secondary N) is 1. The summed E-state index contributed by atoms with van der Waals surface area (Å²) >= 11 is 0. The SMILES string of the molecule is O=C(O)CC1(NC(=O)c2cccc(F)n2)CCCC1. The van der Waals surface area contributed by atoms with Crippen LogP contribution in [0.4, 0.5) is 4.39 Å². The molecule has 2 rings (SSSR count). The van der Waals surface area contributed by atoms with Gasteiger partial charge in [0.25, 0.3) is 5.91 Å². The Morgan fingerprint density at radius 2 is 2.05 bits per heavy atom. The van der Waals surface area contributed by atoms with Crippen molar-refractivity contribution in [1.29, 1.82) is 0 Å². The van der Waals surface area contributed by atoms with Crippen LogP contribution in [0.15, 0.2) is 18.2 Å². The number of carboxylic acid groups (broad SMARTS) is 1. The molecule has 0 bridgehead atoms. The molecular formula is C13H15FN2O3. The number of pyridine rings is 1. The maximum atomic E-state index is 13.0. The van der Waals surface area contributed by atoms with Crippen LogP contribution >= 0.6 is 0 Å². The van der Waals surface area contributed by atoms with Crippen LogP contribution in [0.1, 0.15) is 42.6 Å². The predicted octanol–water partition coefficient (Wildman–Crippen LogP) is 1.74. The van der Waals surface area contributed by atoms with Crippen molar-refractivity contribution in [2.75, 3.05) is 0 Å². The Morgan fingerprint density at radius 1 is 1.37 bits per heavy atom. The molecular weight excluding hydrogens is 251 g/mol. The maximum Gasteiger partial charge on any atom is 0.305 e. The highest BCUT2D eigenvalue weighted by Gasteiger charge is 2.37. The van der Waals surface area contributed by atoms with Crippen LogP contribution in [0.5, 0.6) is 0 Å². The number of aliphatic carboxylic acids is 1. The van der Waals surface area contributed by atoms with E-state index in [1.54, 1.807) is 0 Å². The van der Waals surface area contributed by atoms with Crippen molar-refractivity contribution in [2.24, 2.45) is 0 Å². The summed E-state index contributed by atoms with van der Waals surface area (Å²) in [5.41, 5.74) is -0.756. The van der Waals surface area contributed by atoms with Crippen molar-refractivity contribution < 1.29 is 19.1 Å². The fourth-order valence-electron chi connectivity index (χ4n) is 2.53. The standard InChI is InChI=1S/C13H15FN2O3/c14-10-5-3-4-9(15-10)12(19)16-13(8-11(17)18)6-1-2-7-13/h3-5H,1-2,6-8H2,(H,16,19)(H,17,18). The van der Waals surface area contributed by atoms with Gasteiger partial charge in [-0.1, -0.05) is 18.9 Å². The van der Waals surface area contributed by atoms with E-state index in [4.69, 9.17) is 5.11 Å². The van der Waals surface area contributed by atoms with Gasteiger partial charge in [-0.3, -0.25) is 9.59 Å². The molecule has 1 aromatic rings. The minimum Gasteiger partial charge on any atom is -0.481 e. The third-order valence-corrected chi connectivity index (χ3v) is 3.38. The Bertz CT molecular complexity index is 498.